The number of aliphatic carboxylic acids is 3. The molecular weight excluding hydrogens is 820 g/mol. The van der Waals surface area contributed by atoms with Crippen molar-refractivity contribution in [3.05, 3.63) is 35.4 Å². The summed E-state index contributed by atoms with van der Waals surface area (Å²) in [4.78, 5) is 78.6. The van der Waals surface area contributed by atoms with E-state index in [1.165, 1.54) is 14.7 Å². The molecule has 1 aromatic carbocycles. The first-order chi connectivity index (χ1) is 23.7. The molecule has 1 saturated heterocycles. The Balaban J connectivity index is 0.0000130. The average Bonchev–Trinajstić information content (AvgIpc) is 3.05. The molecule has 0 aliphatic carbocycles. The monoisotopic (exact) mass is 864 g/mol. The van der Waals surface area contributed by atoms with E-state index < -0.39 is 80.6 Å². The first-order valence-corrected chi connectivity index (χ1v) is 15.7. The van der Waals surface area contributed by atoms with Gasteiger partial charge in [-0.15, -0.1) is 0 Å². The first kappa shape index (κ1) is 45.6. The minimum absolute atomic E-state index is 0. The van der Waals surface area contributed by atoms with Gasteiger partial charge in [0, 0.05) is 84.1 Å². The third-order valence-corrected chi connectivity index (χ3v) is 7.74. The minimum Gasteiger partial charge on any atom is -0.549 e. The molecule has 1 radical (unpaired) electrons. The van der Waals surface area contributed by atoms with Gasteiger partial charge in [-0.2, -0.15) is 0 Å². The molecule has 1 fully saturated rings. The van der Waals surface area contributed by atoms with Gasteiger partial charge in [0.15, 0.2) is 0 Å². The van der Waals surface area contributed by atoms with E-state index in [1.54, 1.807) is 29.2 Å². The second-order valence-corrected chi connectivity index (χ2v) is 11.6. The van der Waals surface area contributed by atoms with Crippen molar-refractivity contribution >= 4 is 41.5 Å². The van der Waals surface area contributed by atoms with Crippen LogP contribution in [0.3, 0.4) is 0 Å². The SMILES string of the molecule is N=C(N)c1ccc(CNC(=O)[C@H](CO)NC(=O)[C@@H](CO)NC(=O)CN2CCN(CC(=O)[O-])CCN(CC(=O)[O-])CCN(CC(=O)[O-])CC2)cc1.[Gd+3]. The summed E-state index contributed by atoms with van der Waals surface area (Å²) in [5.74, 6) is -6.67. The van der Waals surface area contributed by atoms with Crippen LogP contribution in [0.5, 0.6) is 0 Å². The number of hydrogen-bond acceptors (Lipinski definition) is 16. The smallest absolute Gasteiger partial charge is 0.549 e. The quantitative estimate of drug-likeness (QED) is 0.0565. The van der Waals surface area contributed by atoms with Crippen molar-refractivity contribution in [1.82, 2.24) is 35.6 Å². The van der Waals surface area contributed by atoms with E-state index in [-0.39, 0.29) is 111 Å². The number of nitrogens with two attached hydrogens (primary N) is 1. The predicted molar refractivity (Wildman–Crippen MR) is 168 cm³/mol. The summed E-state index contributed by atoms with van der Waals surface area (Å²) in [5.41, 5.74) is 6.56. The predicted octanol–water partition coefficient (Wildman–Crippen LogP) is -8.99. The number of nitrogen functional groups attached to an aromatic ring is 1. The van der Waals surface area contributed by atoms with Crippen LogP contribution in [-0.2, 0) is 35.3 Å². The van der Waals surface area contributed by atoms with Crippen molar-refractivity contribution in [3.63, 3.8) is 0 Å². The van der Waals surface area contributed by atoms with Crippen LogP contribution in [-0.4, -0.2) is 175 Å². The second-order valence-electron chi connectivity index (χ2n) is 11.6. The number of nitrogens with one attached hydrogen (secondary N) is 4. The maximum absolute atomic E-state index is 13.0. The number of aliphatic hydroxyl groups is 2. The molecule has 3 amide bonds. The fourth-order valence-corrected chi connectivity index (χ4v) is 4.98. The summed E-state index contributed by atoms with van der Waals surface area (Å²) < 4.78 is 0. The van der Waals surface area contributed by atoms with Gasteiger partial charge in [-0.3, -0.25) is 39.4 Å². The van der Waals surface area contributed by atoms with Gasteiger partial charge in [0.1, 0.15) is 17.9 Å². The van der Waals surface area contributed by atoms with E-state index in [9.17, 15) is 54.3 Å². The molecule has 1 heterocycles. The summed E-state index contributed by atoms with van der Waals surface area (Å²) in [6.07, 6.45) is 0. The molecule has 283 valence electrons. The molecule has 2 rings (SSSR count). The van der Waals surface area contributed by atoms with Crippen LogP contribution in [0.1, 0.15) is 11.1 Å². The van der Waals surface area contributed by atoms with Gasteiger partial charge in [0.25, 0.3) is 0 Å². The molecule has 51 heavy (non-hydrogen) atoms. The summed E-state index contributed by atoms with van der Waals surface area (Å²) in [5, 5.41) is 68.2. The number of nitrogens with zero attached hydrogens (tertiary/aromatic N) is 4. The maximum atomic E-state index is 13.0. The molecule has 1 aliphatic rings. The minimum atomic E-state index is -1.52. The number of amides is 3. The third kappa shape index (κ3) is 18.1. The Bertz CT molecular complexity index is 1310. The van der Waals surface area contributed by atoms with Gasteiger partial charge in [0.2, 0.25) is 17.7 Å². The molecule has 0 unspecified atom stereocenters. The summed E-state index contributed by atoms with van der Waals surface area (Å²) in [6, 6.07) is 3.50. The zero-order valence-electron chi connectivity index (χ0n) is 27.9. The second kappa shape index (κ2) is 24.0. The Hall–Kier alpha value is -3.41. The van der Waals surface area contributed by atoms with Gasteiger partial charge in [-0.25, -0.2) is 0 Å². The summed E-state index contributed by atoms with van der Waals surface area (Å²) in [7, 11) is 0. The Labute approximate surface area is 326 Å². The van der Waals surface area contributed by atoms with Crippen molar-refractivity contribution in [2.24, 2.45) is 5.73 Å². The molecule has 0 saturated carbocycles. The standard InChI is InChI=1S/C30H47N9O11.Gd/c31-28(32)21-3-1-20(2-4-21)13-33-29(49)22(18-40)35-30(50)23(19-41)34-24(42)14-36-5-7-37(15-25(43)44)9-11-39(17-27(47)48)12-10-38(8-6-36)16-26(45)46;/h1-4,22-23,40-41H,5-19H2,(H3,31,32)(H,33,49)(H,34,42)(H,35,50)(H,43,44)(H,45,46)(H,47,48);/q;+3/p-3/t22-,23+;/m0./s1. The van der Waals surface area contributed by atoms with Gasteiger partial charge in [0.05, 0.1) is 37.7 Å². The zero-order chi connectivity index (χ0) is 37.2. The van der Waals surface area contributed by atoms with E-state index >= 15 is 0 Å². The van der Waals surface area contributed by atoms with Crippen LogP contribution in [0.15, 0.2) is 24.3 Å². The van der Waals surface area contributed by atoms with Crippen molar-refractivity contribution < 1.29 is 94.2 Å². The molecule has 8 N–H and O–H groups in total. The van der Waals surface area contributed by atoms with Crippen molar-refractivity contribution in [1.29, 1.82) is 5.41 Å². The molecular formula is C30H44GdN9O11. The van der Waals surface area contributed by atoms with Crippen LogP contribution < -0.4 is 37.0 Å². The number of benzene rings is 1. The van der Waals surface area contributed by atoms with Crippen LogP contribution in [0, 0.1) is 45.3 Å². The molecule has 0 aromatic heterocycles. The van der Waals surface area contributed by atoms with Gasteiger partial charge in [-0.1, -0.05) is 24.3 Å². The Morgan fingerprint density at radius 2 is 1.04 bits per heavy atom. The third-order valence-electron chi connectivity index (χ3n) is 7.74. The van der Waals surface area contributed by atoms with E-state index in [4.69, 9.17) is 11.1 Å². The number of carbonyl (C=O) groups is 6. The van der Waals surface area contributed by atoms with Crippen LogP contribution in [0.2, 0.25) is 0 Å². The largest absolute Gasteiger partial charge is 3.00 e. The normalized spacial score (nSPS) is 16.6. The van der Waals surface area contributed by atoms with Crippen LogP contribution in [0.4, 0.5) is 0 Å². The van der Waals surface area contributed by atoms with Gasteiger partial charge in [-0.05, 0) is 5.56 Å². The van der Waals surface area contributed by atoms with E-state index in [0.29, 0.717) is 11.1 Å². The molecule has 2 atom stereocenters. The fourth-order valence-electron chi connectivity index (χ4n) is 4.98. The number of hydrogen-bond donors (Lipinski definition) is 7. The number of carboxylic acid groups (broad SMARTS) is 3. The van der Waals surface area contributed by atoms with Gasteiger partial charge < -0.3 is 61.6 Å². The Morgan fingerprint density at radius 1 is 0.667 bits per heavy atom. The van der Waals surface area contributed by atoms with Crippen molar-refractivity contribution in [2.75, 3.05) is 91.8 Å². The van der Waals surface area contributed by atoms with E-state index in [1.807, 2.05) is 0 Å². The van der Waals surface area contributed by atoms with E-state index in [2.05, 4.69) is 16.0 Å². The maximum Gasteiger partial charge on any atom is 3.00 e. The zero-order valence-corrected chi connectivity index (χ0v) is 30.1. The molecule has 20 nitrogen and oxygen atoms in total. The van der Waals surface area contributed by atoms with Crippen molar-refractivity contribution in [2.45, 2.75) is 18.6 Å². The first-order valence-electron chi connectivity index (χ1n) is 15.7. The van der Waals surface area contributed by atoms with Crippen LogP contribution >= 0.6 is 0 Å². The summed E-state index contributed by atoms with van der Waals surface area (Å²) in [6.45, 7) is -2.54. The number of amidine groups is 1. The molecule has 1 aromatic rings. The number of carbonyl (C=O) groups excluding carboxylic acids is 6. The fraction of sp³-hybridized carbons (Fsp3) is 0.567. The van der Waals surface area contributed by atoms with Crippen LogP contribution in [0.25, 0.3) is 0 Å². The number of aliphatic hydroxyl groups excluding tert-OH is 2. The molecule has 21 heteroatoms. The average molecular weight is 864 g/mol. The topological polar surface area (TPSA) is 311 Å². The Morgan fingerprint density at radius 3 is 1.39 bits per heavy atom. The van der Waals surface area contributed by atoms with Crippen molar-refractivity contribution in [3.8, 4) is 0 Å². The molecule has 0 spiro atoms. The molecule has 0 bridgehead atoms. The van der Waals surface area contributed by atoms with Gasteiger partial charge >= 0.3 is 39.9 Å². The van der Waals surface area contributed by atoms with E-state index in [0.717, 1.165) is 0 Å². The molecule has 1 aliphatic heterocycles. The summed E-state index contributed by atoms with van der Waals surface area (Å²) >= 11 is 0. The number of rotatable bonds is 17. The Kier molecular flexibility index (Phi) is 21.4. The number of carboxylic acids is 3.